The van der Waals surface area contributed by atoms with Gasteiger partial charge < -0.3 is 9.80 Å². The van der Waals surface area contributed by atoms with Gasteiger partial charge in [-0.2, -0.15) is 0 Å². The van der Waals surface area contributed by atoms with E-state index >= 15 is 0 Å². The van der Waals surface area contributed by atoms with Crippen LogP contribution in [0.3, 0.4) is 0 Å². The van der Waals surface area contributed by atoms with Crippen LogP contribution in [0.15, 0.2) is 340 Å². The number of anilines is 6. The zero-order chi connectivity index (χ0) is 70.8. The first-order chi connectivity index (χ1) is 52.1. The predicted molar refractivity (Wildman–Crippen MR) is 436 cm³/mol. The van der Waals surface area contributed by atoms with Crippen LogP contribution in [-0.4, -0.2) is 29.1 Å². The van der Waals surface area contributed by atoms with Crippen LogP contribution in [0.4, 0.5) is 34.1 Å². The van der Waals surface area contributed by atoms with E-state index in [2.05, 4.69) is 374 Å². The molecule has 0 fully saturated rings. The van der Waals surface area contributed by atoms with E-state index in [1.54, 1.807) is 0 Å². The van der Waals surface area contributed by atoms with Crippen molar-refractivity contribution < 1.29 is 0 Å². The highest BCUT2D eigenvalue weighted by Crippen LogP contribution is 2.54. The molecular weight excluding hydrogens is 1290 g/mol. The van der Waals surface area contributed by atoms with E-state index in [0.717, 1.165) is 134 Å². The lowest BCUT2D eigenvalue weighted by Crippen LogP contribution is -2.15. The van der Waals surface area contributed by atoms with Crippen LogP contribution in [0.1, 0.15) is 49.9 Å². The molecule has 2 aliphatic rings. The molecule has 20 rings (SSSR count). The van der Waals surface area contributed by atoms with Crippen LogP contribution in [0, 0.1) is 12.1 Å². The van der Waals surface area contributed by atoms with Gasteiger partial charge >= 0.3 is 0 Å². The molecule has 0 saturated heterocycles. The third-order valence-electron chi connectivity index (χ3n) is 22.1. The smallest absolute Gasteiger partial charge is 0.235 e. The minimum Gasteiger partial charge on any atom is -0.311 e. The van der Waals surface area contributed by atoms with Crippen LogP contribution in [0.5, 0.6) is 0 Å². The molecule has 18 aromatic rings. The summed E-state index contributed by atoms with van der Waals surface area (Å²) in [6.45, 7) is 9.42. The van der Waals surface area contributed by atoms with E-state index in [0.29, 0.717) is 11.9 Å². The predicted octanol–water partition coefficient (Wildman–Crippen LogP) is 24.9. The van der Waals surface area contributed by atoms with E-state index in [1.807, 2.05) is 24.4 Å². The third kappa shape index (κ3) is 10.1. The maximum Gasteiger partial charge on any atom is 0.235 e. The lowest BCUT2D eigenvalue weighted by molar-refractivity contribution is 0.661. The Balaban J connectivity index is 0.726. The average Bonchev–Trinajstić information content (AvgIpc) is 1.55. The Labute approximate surface area is 615 Å². The summed E-state index contributed by atoms with van der Waals surface area (Å²) >= 11 is 0. The molecule has 106 heavy (non-hydrogen) atoms. The average molecular weight is 1360 g/mol. The number of nitrogens with zero attached hydrogens (tertiary/aromatic N) is 8. The van der Waals surface area contributed by atoms with E-state index in [-0.39, 0.29) is 10.8 Å². The normalized spacial score (nSPS) is 13.0. The van der Waals surface area contributed by atoms with Crippen LogP contribution in [-0.2, 0) is 10.8 Å². The highest BCUT2D eigenvalue weighted by Gasteiger charge is 2.39. The topological polar surface area (TPSA) is 67.9 Å². The minimum absolute atomic E-state index is 0.230. The number of rotatable bonds is 13. The van der Waals surface area contributed by atoms with Crippen molar-refractivity contribution in [2.45, 2.75) is 38.5 Å². The van der Waals surface area contributed by atoms with Crippen molar-refractivity contribution in [1.82, 2.24) is 29.1 Å². The Bertz CT molecular complexity index is 6330. The molecule has 14 aromatic carbocycles. The second-order valence-corrected chi connectivity index (χ2v) is 28.9. The molecule has 4 heterocycles. The highest BCUT2D eigenvalue weighted by atomic mass is 15.2. The number of hydrogen-bond acceptors (Lipinski definition) is 6. The first kappa shape index (κ1) is 62.1. The monoisotopic (exact) mass is 1360 g/mol. The molecule has 4 aromatic heterocycles. The fourth-order valence-electron chi connectivity index (χ4n) is 16.8. The summed E-state index contributed by atoms with van der Waals surface area (Å²) in [5.41, 5.74) is 29.9. The van der Waals surface area contributed by atoms with Crippen molar-refractivity contribution in [3.63, 3.8) is 0 Å². The van der Waals surface area contributed by atoms with Crippen molar-refractivity contribution in [3.05, 3.63) is 374 Å². The molecule has 0 spiro atoms. The zero-order valence-corrected chi connectivity index (χ0v) is 58.9. The van der Waals surface area contributed by atoms with Crippen LogP contribution >= 0.6 is 0 Å². The van der Waals surface area contributed by atoms with Gasteiger partial charge in [0.05, 0.1) is 44.8 Å². The Hall–Kier alpha value is -13.7. The third-order valence-corrected chi connectivity index (χ3v) is 22.1. The number of aromatic nitrogens is 6. The standard InChI is InChI=1S/C98H68N8/c1-97(2)84-38-24-23-37-76(84)78-58-82-80-55-67(63-39-46-74(47-40-63)103(70-29-15-7-16-30-70)71-31-17-8-18-32-71)44-51-91(80)105(93(82)60-86(78)97)95-99-54-53-88(100-95)69-43-50-85-77(57-69)79-59-83-81-56-68(64-41-48-75(49-42-64)104(72-33-19-9-20-34-72)73-35-21-10-22-36-73)45-52-92(81)106(94(83)61-87(79)98(85,3)4)96-101-89(65-25-11-5-12-26-65)62-90(102-96)66-27-13-6-14-28-66/h5-17,19-31,33-62H,1-4H3. The number of hydrogen-bond donors (Lipinski definition) is 0. The second kappa shape index (κ2) is 24.5. The van der Waals surface area contributed by atoms with Gasteiger partial charge in [-0.15, -0.1) is 0 Å². The lowest BCUT2D eigenvalue weighted by atomic mass is 9.82. The van der Waals surface area contributed by atoms with Crippen LogP contribution in [0.2, 0.25) is 0 Å². The summed E-state index contributed by atoms with van der Waals surface area (Å²) in [7, 11) is 0. The van der Waals surface area contributed by atoms with Gasteiger partial charge in [0, 0.05) is 83.7 Å². The van der Waals surface area contributed by atoms with Gasteiger partial charge in [0.15, 0.2) is 0 Å². The first-order valence-electron chi connectivity index (χ1n) is 36.2. The van der Waals surface area contributed by atoms with Gasteiger partial charge in [0.25, 0.3) is 0 Å². The SMILES string of the molecule is CC1(C)c2ccccc2-c2cc3c4cc(-c5ccc(N(c6c#cccc6)c6ccccc6)cc5)ccc4n(-c4nccc(-c5ccc6c(c5)-c5cc7c8cc(-c9ccc(N(c%10ccccc%10)c%10ccccc%10)cc9)ccc8n(-c8nc(-c9ccccc9)cc(-c9ccccc9)n8)c7cc5C6(C)C)n4)c3cc21. The van der Waals surface area contributed by atoms with Crippen LogP contribution in [0.25, 0.3) is 134 Å². The fourth-order valence-corrected chi connectivity index (χ4v) is 16.8. The second-order valence-electron chi connectivity index (χ2n) is 28.9. The Morgan fingerprint density at radius 2 is 0.708 bits per heavy atom. The summed E-state index contributed by atoms with van der Waals surface area (Å²) in [6, 6.07) is 126. The summed E-state index contributed by atoms with van der Waals surface area (Å²) in [5, 5.41) is 4.49. The van der Waals surface area contributed by atoms with Gasteiger partial charge in [-0.25, -0.2) is 19.9 Å². The van der Waals surface area contributed by atoms with Gasteiger partial charge in [-0.3, -0.25) is 9.13 Å². The molecule has 0 N–H and O–H groups in total. The van der Waals surface area contributed by atoms with E-state index < -0.39 is 0 Å². The van der Waals surface area contributed by atoms with Gasteiger partial charge in [-0.05, 0) is 212 Å². The first-order valence-corrected chi connectivity index (χ1v) is 36.2. The molecule has 2 aliphatic carbocycles. The molecule has 500 valence electrons. The molecule has 0 amide bonds. The maximum absolute atomic E-state index is 5.62. The van der Waals surface area contributed by atoms with Crippen molar-refractivity contribution in [1.29, 1.82) is 0 Å². The molecule has 0 atom stereocenters. The van der Waals surface area contributed by atoms with Gasteiger partial charge in [0.1, 0.15) is 0 Å². The number of para-hydroxylation sites is 3. The van der Waals surface area contributed by atoms with Crippen molar-refractivity contribution in [2.24, 2.45) is 0 Å². The summed E-state index contributed by atoms with van der Waals surface area (Å²) < 4.78 is 4.59. The molecule has 8 nitrogen and oxygen atoms in total. The summed E-state index contributed by atoms with van der Waals surface area (Å²) in [5.74, 6) is 1.22. The molecular formula is C98H68N8. The van der Waals surface area contributed by atoms with Crippen molar-refractivity contribution in [2.75, 3.05) is 9.80 Å². The molecule has 0 bridgehead atoms. The fraction of sp³-hybridized carbons (Fsp3) is 0.0612. The number of benzene rings is 13. The molecule has 8 heteroatoms. The largest absolute Gasteiger partial charge is 0.311 e. The zero-order valence-electron chi connectivity index (χ0n) is 58.9. The van der Waals surface area contributed by atoms with E-state index in [1.165, 1.54) is 44.5 Å². The minimum atomic E-state index is -0.377. The molecule has 0 unspecified atom stereocenters. The van der Waals surface area contributed by atoms with Gasteiger partial charge in [-0.1, -0.05) is 228 Å². The molecule has 0 aliphatic heterocycles. The van der Waals surface area contributed by atoms with Crippen LogP contribution < -0.4 is 9.80 Å². The highest BCUT2D eigenvalue weighted by molar-refractivity contribution is 6.14. The summed E-state index contributed by atoms with van der Waals surface area (Å²) in [6.07, 6.45) is 1.93. The Morgan fingerprint density at radius 3 is 1.25 bits per heavy atom. The summed E-state index contributed by atoms with van der Waals surface area (Å²) in [4.78, 5) is 26.3. The molecule has 0 saturated carbocycles. The maximum atomic E-state index is 5.62. The molecule has 0 radical (unpaired) electrons. The van der Waals surface area contributed by atoms with E-state index in [4.69, 9.17) is 19.9 Å². The Morgan fingerprint density at radius 1 is 0.283 bits per heavy atom. The number of fused-ring (bicyclic) bond motifs is 12. The Kier molecular flexibility index (Phi) is 14.3. The van der Waals surface area contributed by atoms with E-state index in [9.17, 15) is 0 Å². The van der Waals surface area contributed by atoms with Crippen molar-refractivity contribution in [3.8, 4) is 90.2 Å². The van der Waals surface area contributed by atoms with Crippen molar-refractivity contribution >= 4 is 77.7 Å². The van der Waals surface area contributed by atoms with Gasteiger partial charge in [0.2, 0.25) is 11.9 Å². The lowest BCUT2D eigenvalue weighted by Gasteiger charge is -2.25. The quantitative estimate of drug-likeness (QED) is 0.115.